The van der Waals surface area contributed by atoms with Crippen molar-refractivity contribution in [3.8, 4) is 0 Å². The summed E-state index contributed by atoms with van der Waals surface area (Å²) >= 11 is 10.9. The van der Waals surface area contributed by atoms with Gasteiger partial charge in [-0.3, -0.25) is 0 Å². The minimum absolute atomic E-state index is 0.536. The summed E-state index contributed by atoms with van der Waals surface area (Å²) in [5.41, 5.74) is 1.08. The molecule has 4 heteroatoms. The highest BCUT2D eigenvalue weighted by atomic mass is 79.9. The second kappa shape index (κ2) is 5.32. The molecular weight excluding hydrogens is 308 g/mol. The Kier molecular flexibility index (Phi) is 4.03. The van der Waals surface area contributed by atoms with Crippen LogP contribution in [0.5, 0.6) is 0 Å². The quantitative estimate of drug-likeness (QED) is 0.887. The summed E-state index contributed by atoms with van der Waals surface area (Å²) in [6.45, 7) is 0. The van der Waals surface area contributed by atoms with Gasteiger partial charge >= 0.3 is 0 Å². The fourth-order valence-corrected chi connectivity index (χ4v) is 3.12. The van der Waals surface area contributed by atoms with E-state index in [9.17, 15) is 5.11 Å². The Hall–Kier alpha value is -0.350. The molecule has 0 amide bonds. The second-order valence-corrected chi connectivity index (χ2v) is 5.65. The molecule has 0 aliphatic carbocycles. The first-order valence-electron chi connectivity index (χ1n) is 4.83. The van der Waals surface area contributed by atoms with Crippen molar-refractivity contribution >= 4 is 38.9 Å². The maximum atomic E-state index is 10.1. The van der Waals surface area contributed by atoms with Crippen LogP contribution in [0.1, 0.15) is 16.5 Å². The Morgan fingerprint density at radius 2 is 2.06 bits per heavy atom. The molecule has 1 nitrogen and oxygen atoms in total. The molecule has 1 heterocycles. The van der Waals surface area contributed by atoms with Crippen LogP contribution >= 0.6 is 38.9 Å². The molecule has 1 aromatic carbocycles. The molecule has 84 valence electrons. The third kappa shape index (κ3) is 2.66. The Morgan fingerprint density at radius 1 is 1.31 bits per heavy atom. The van der Waals surface area contributed by atoms with E-state index in [1.54, 1.807) is 0 Å². The summed E-state index contributed by atoms with van der Waals surface area (Å²) in [4.78, 5) is 0.831. The minimum atomic E-state index is -0.536. The first-order valence-corrected chi connectivity index (χ1v) is 6.88. The summed E-state index contributed by atoms with van der Waals surface area (Å²) in [5.74, 6) is 0. The van der Waals surface area contributed by atoms with E-state index < -0.39 is 6.10 Å². The van der Waals surface area contributed by atoms with Gasteiger partial charge in [0.25, 0.3) is 0 Å². The maximum absolute atomic E-state index is 10.1. The maximum Gasteiger partial charge on any atom is 0.0937 e. The van der Waals surface area contributed by atoms with Crippen LogP contribution in [0.3, 0.4) is 0 Å². The van der Waals surface area contributed by atoms with Crippen LogP contribution in [0.15, 0.2) is 40.2 Å². The first-order chi connectivity index (χ1) is 7.68. The van der Waals surface area contributed by atoms with Crippen molar-refractivity contribution in [2.24, 2.45) is 0 Å². The highest BCUT2D eigenvalue weighted by Gasteiger charge is 2.14. The standard InChI is InChI=1S/C12H10BrClOS/c13-9-4-2-1-3-8(9)7-11(15)12-10(14)5-6-16-12/h1-6,11,15H,7H2. The van der Waals surface area contributed by atoms with Gasteiger partial charge < -0.3 is 5.11 Å². The number of benzene rings is 1. The number of aliphatic hydroxyl groups is 1. The molecule has 0 radical (unpaired) electrons. The second-order valence-electron chi connectivity index (χ2n) is 3.44. The lowest BCUT2D eigenvalue weighted by Gasteiger charge is -2.10. The fourth-order valence-electron chi connectivity index (χ4n) is 1.51. The first kappa shape index (κ1) is 12.1. The summed E-state index contributed by atoms with van der Waals surface area (Å²) in [6, 6.07) is 9.69. The molecule has 1 aromatic heterocycles. The van der Waals surface area contributed by atoms with Gasteiger partial charge in [-0.25, -0.2) is 0 Å². The molecule has 0 fully saturated rings. The predicted molar refractivity (Wildman–Crippen MR) is 72.1 cm³/mol. The SMILES string of the molecule is OC(Cc1ccccc1Br)c1sccc1Cl. The van der Waals surface area contributed by atoms with Crippen LogP contribution in [-0.4, -0.2) is 5.11 Å². The summed E-state index contributed by atoms with van der Waals surface area (Å²) < 4.78 is 1.02. The molecular formula is C12H10BrClOS. The average Bonchev–Trinajstić information content (AvgIpc) is 2.68. The minimum Gasteiger partial charge on any atom is -0.387 e. The molecule has 1 atom stereocenters. The van der Waals surface area contributed by atoms with Crippen molar-refractivity contribution in [2.45, 2.75) is 12.5 Å². The Bertz CT molecular complexity index is 483. The number of hydrogen-bond donors (Lipinski definition) is 1. The van der Waals surface area contributed by atoms with Crippen molar-refractivity contribution in [2.75, 3.05) is 0 Å². The number of rotatable bonds is 3. The van der Waals surface area contributed by atoms with Gasteiger partial charge in [0.15, 0.2) is 0 Å². The molecule has 0 saturated heterocycles. The molecule has 2 rings (SSSR count). The Balaban J connectivity index is 2.17. The van der Waals surface area contributed by atoms with E-state index >= 15 is 0 Å². The van der Waals surface area contributed by atoms with Crippen LogP contribution in [0, 0.1) is 0 Å². The number of halogens is 2. The normalized spacial score (nSPS) is 12.7. The fraction of sp³-hybridized carbons (Fsp3) is 0.167. The monoisotopic (exact) mass is 316 g/mol. The zero-order chi connectivity index (χ0) is 11.5. The zero-order valence-electron chi connectivity index (χ0n) is 8.36. The molecule has 1 N–H and O–H groups in total. The molecule has 2 aromatic rings. The smallest absolute Gasteiger partial charge is 0.0937 e. The molecule has 0 aliphatic rings. The molecule has 0 aliphatic heterocycles. The molecule has 0 spiro atoms. The lowest BCUT2D eigenvalue weighted by atomic mass is 10.1. The summed E-state index contributed by atoms with van der Waals surface area (Å²) in [5, 5.41) is 12.6. The Labute approximate surface area is 112 Å². The van der Waals surface area contributed by atoms with Gasteiger partial charge in [-0.15, -0.1) is 11.3 Å². The van der Waals surface area contributed by atoms with E-state index in [2.05, 4.69) is 15.9 Å². The van der Waals surface area contributed by atoms with Gasteiger partial charge in [0.2, 0.25) is 0 Å². The molecule has 0 saturated carbocycles. The van der Waals surface area contributed by atoms with E-state index in [-0.39, 0.29) is 0 Å². The third-order valence-electron chi connectivity index (χ3n) is 2.32. The van der Waals surface area contributed by atoms with Gasteiger partial charge in [-0.1, -0.05) is 45.7 Å². The van der Waals surface area contributed by atoms with Gasteiger partial charge in [0.1, 0.15) is 0 Å². The third-order valence-corrected chi connectivity index (χ3v) is 4.55. The van der Waals surface area contributed by atoms with Gasteiger partial charge in [0, 0.05) is 10.9 Å². The Morgan fingerprint density at radius 3 is 2.69 bits per heavy atom. The van der Waals surface area contributed by atoms with Gasteiger partial charge in [-0.2, -0.15) is 0 Å². The number of aliphatic hydroxyl groups excluding tert-OH is 1. The summed E-state index contributed by atoms with van der Waals surface area (Å²) in [6.07, 6.45) is 0.0352. The van der Waals surface area contributed by atoms with Gasteiger partial charge in [0.05, 0.1) is 16.0 Å². The van der Waals surface area contributed by atoms with Crippen LogP contribution in [-0.2, 0) is 6.42 Å². The lowest BCUT2D eigenvalue weighted by molar-refractivity contribution is 0.182. The van der Waals surface area contributed by atoms with Crippen molar-refractivity contribution in [3.05, 3.63) is 55.6 Å². The number of hydrogen-bond acceptors (Lipinski definition) is 2. The molecule has 16 heavy (non-hydrogen) atoms. The predicted octanol–water partition coefficient (Wildman–Crippen LogP) is 4.44. The van der Waals surface area contributed by atoms with Crippen molar-refractivity contribution in [1.82, 2.24) is 0 Å². The van der Waals surface area contributed by atoms with E-state index in [4.69, 9.17) is 11.6 Å². The average molecular weight is 318 g/mol. The molecule has 1 unspecified atom stereocenters. The zero-order valence-corrected chi connectivity index (χ0v) is 11.5. The highest BCUT2D eigenvalue weighted by molar-refractivity contribution is 9.10. The van der Waals surface area contributed by atoms with Crippen molar-refractivity contribution < 1.29 is 5.11 Å². The lowest BCUT2D eigenvalue weighted by Crippen LogP contribution is -2.00. The van der Waals surface area contributed by atoms with E-state index in [0.717, 1.165) is 14.9 Å². The van der Waals surface area contributed by atoms with Crippen molar-refractivity contribution in [3.63, 3.8) is 0 Å². The highest BCUT2D eigenvalue weighted by Crippen LogP contribution is 2.31. The van der Waals surface area contributed by atoms with Crippen LogP contribution in [0.4, 0.5) is 0 Å². The van der Waals surface area contributed by atoms with E-state index in [1.807, 2.05) is 35.7 Å². The van der Waals surface area contributed by atoms with Crippen LogP contribution in [0.2, 0.25) is 5.02 Å². The van der Waals surface area contributed by atoms with E-state index in [1.165, 1.54) is 11.3 Å². The van der Waals surface area contributed by atoms with Gasteiger partial charge in [-0.05, 0) is 23.1 Å². The van der Waals surface area contributed by atoms with Crippen molar-refractivity contribution in [1.29, 1.82) is 0 Å². The summed E-state index contributed by atoms with van der Waals surface area (Å²) in [7, 11) is 0. The number of thiophene rings is 1. The molecule has 0 bridgehead atoms. The van der Waals surface area contributed by atoms with Crippen LogP contribution < -0.4 is 0 Å². The van der Waals surface area contributed by atoms with E-state index in [0.29, 0.717) is 11.4 Å². The topological polar surface area (TPSA) is 20.2 Å². The largest absolute Gasteiger partial charge is 0.387 e. The van der Waals surface area contributed by atoms with Crippen LogP contribution in [0.25, 0.3) is 0 Å².